The summed E-state index contributed by atoms with van der Waals surface area (Å²) in [6.07, 6.45) is 3.35. The summed E-state index contributed by atoms with van der Waals surface area (Å²) in [7, 11) is 0. The van der Waals surface area contributed by atoms with Gasteiger partial charge in [-0.3, -0.25) is 9.59 Å². The Labute approximate surface area is 152 Å². The molecule has 6 heteroatoms. The molecule has 2 rings (SSSR count). The van der Waals surface area contributed by atoms with E-state index in [4.69, 9.17) is 0 Å². The van der Waals surface area contributed by atoms with E-state index in [0.29, 0.717) is 17.8 Å². The fraction of sp³-hybridized carbons (Fsp3) is 0.250. The van der Waals surface area contributed by atoms with Crippen LogP contribution in [0, 0.1) is 0 Å². The molecular weight excluding hydrogens is 332 g/mol. The minimum Gasteiger partial charge on any atom is -0.478 e. The maximum atomic E-state index is 12.4. The summed E-state index contributed by atoms with van der Waals surface area (Å²) in [5.74, 6) is -1.75. The molecule has 6 nitrogen and oxygen atoms in total. The van der Waals surface area contributed by atoms with E-state index in [0.717, 1.165) is 19.3 Å². The molecule has 2 aromatic rings. The normalized spacial score (nSPS) is 10.2. The Morgan fingerprint density at radius 3 is 2.19 bits per heavy atom. The standard InChI is InChI=1S/C20H22N2O4/c1-2-3-4-12-18(23)21-14-8-7-9-15(13-14)22-19(24)16-10-5-6-11-17(16)20(25)26/h5-11,13H,2-4,12H2,1H3,(H,21,23)(H,22,24)(H,25,26). The first-order valence-electron chi connectivity index (χ1n) is 8.55. The van der Waals surface area contributed by atoms with Crippen molar-refractivity contribution in [3.8, 4) is 0 Å². The van der Waals surface area contributed by atoms with E-state index >= 15 is 0 Å². The molecule has 0 aromatic heterocycles. The number of hydrogen-bond donors (Lipinski definition) is 3. The van der Waals surface area contributed by atoms with E-state index in [2.05, 4.69) is 17.6 Å². The van der Waals surface area contributed by atoms with Crippen molar-refractivity contribution < 1.29 is 19.5 Å². The zero-order valence-corrected chi connectivity index (χ0v) is 14.6. The predicted octanol–water partition coefficient (Wildman–Crippen LogP) is 4.16. The Morgan fingerprint density at radius 2 is 1.54 bits per heavy atom. The monoisotopic (exact) mass is 354 g/mol. The van der Waals surface area contributed by atoms with Crippen molar-refractivity contribution >= 4 is 29.2 Å². The third kappa shape index (κ3) is 5.44. The first-order chi connectivity index (χ1) is 12.5. The van der Waals surface area contributed by atoms with Gasteiger partial charge in [-0.1, -0.05) is 38.0 Å². The first kappa shape index (κ1) is 19.2. The Balaban J connectivity index is 2.05. The van der Waals surface area contributed by atoms with Gasteiger partial charge in [-0.05, 0) is 36.8 Å². The number of amides is 2. The van der Waals surface area contributed by atoms with E-state index in [1.807, 2.05) is 0 Å². The van der Waals surface area contributed by atoms with Crippen molar-refractivity contribution in [2.75, 3.05) is 10.6 Å². The summed E-state index contributed by atoms with van der Waals surface area (Å²) in [6, 6.07) is 12.8. The van der Waals surface area contributed by atoms with E-state index in [9.17, 15) is 19.5 Å². The predicted molar refractivity (Wildman–Crippen MR) is 101 cm³/mol. The Morgan fingerprint density at radius 1 is 0.885 bits per heavy atom. The van der Waals surface area contributed by atoms with Crippen LogP contribution < -0.4 is 10.6 Å². The van der Waals surface area contributed by atoms with Gasteiger partial charge in [-0.2, -0.15) is 0 Å². The van der Waals surface area contributed by atoms with E-state index in [1.54, 1.807) is 36.4 Å². The molecule has 0 saturated carbocycles. The molecule has 136 valence electrons. The number of anilines is 2. The van der Waals surface area contributed by atoms with Crippen LogP contribution in [0.2, 0.25) is 0 Å². The average Bonchev–Trinajstić information content (AvgIpc) is 2.62. The van der Waals surface area contributed by atoms with E-state index in [1.165, 1.54) is 12.1 Å². The molecular formula is C20H22N2O4. The highest BCUT2D eigenvalue weighted by molar-refractivity contribution is 6.10. The van der Waals surface area contributed by atoms with Gasteiger partial charge in [-0.25, -0.2) is 4.79 Å². The topological polar surface area (TPSA) is 95.5 Å². The van der Waals surface area contributed by atoms with Crippen LogP contribution in [0.3, 0.4) is 0 Å². The Bertz CT molecular complexity index is 802. The lowest BCUT2D eigenvalue weighted by atomic mass is 10.1. The molecule has 0 aliphatic heterocycles. The average molecular weight is 354 g/mol. The highest BCUT2D eigenvalue weighted by atomic mass is 16.4. The fourth-order valence-corrected chi connectivity index (χ4v) is 2.50. The summed E-state index contributed by atoms with van der Waals surface area (Å²) in [5.41, 5.74) is 1.07. The minimum atomic E-state index is -1.16. The van der Waals surface area contributed by atoms with Crippen molar-refractivity contribution in [3.05, 3.63) is 59.7 Å². The largest absolute Gasteiger partial charge is 0.478 e. The number of carbonyl (C=O) groups excluding carboxylic acids is 2. The smallest absolute Gasteiger partial charge is 0.336 e. The molecule has 0 spiro atoms. The van der Waals surface area contributed by atoms with Crippen molar-refractivity contribution in [2.45, 2.75) is 32.6 Å². The summed E-state index contributed by atoms with van der Waals surface area (Å²) in [4.78, 5) is 35.5. The van der Waals surface area contributed by atoms with Gasteiger partial charge < -0.3 is 15.7 Å². The van der Waals surface area contributed by atoms with Gasteiger partial charge >= 0.3 is 5.97 Å². The highest BCUT2D eigenvalue weighted by Crippen LogP contribution is 2.18. The van der Waals surface area contributed by atoms with Crippen LogP contribution in [-0.2, 0) is 4.79 Å². The van der Waals surface area contributed by atoms with Gasteiger partial charge in [0.25, 0.3) is 5.91 Å². The summed E-state index contributed by atoms with van der Waals surface area (Å²) in [6.45, 7) is 2.08. The number of carboxylic acid groups (broad SMARTS) is 1. The van der Waals surface area contributed by atoms with Crippen LogP contribution in [0.25, 0.3) is 0 Å². The molecule has 0 saturated heterocycles. The van der Waals surface area contributed by atoms with Crippen LogP contribution >= 0.6 is 0 Å². The summed E-state index contributed by atoms with van der Waals surface area (Å²) < 4.78 is 0. The van der Waals surface area contributed by atoms with Crippen LogP contribution in [0.15, 0.2) is 48.5 Å². The molecule has 0 bridgehead atoms. The third-order valence-corrected chi connectivity index (χ3v) is 3.81. The molecule has 26 heavy (non-hydrogen) atoms. The molecule has 0 aliphatic carbocycles. The van der Waals surface area contributed by atoms with Crippen molar-refractivity contribution in [2.24, 2.45) is 0 Å². The van der Waals surface area contributed by atoms with Crippen molar-refractivity contribution in [1.29, 1.82) is 0 Å². The van der Waals surface area contributed by atoms with Gasteiger partial charge in [0.2, 0.25) is 5.91 Å². The Hall–Kier alpha value is -3.15. The molecule has 0 unspecified atom stereocenters. The first-order valence-corrected chi connectivity index (χ1v) is 8.55. The molecule has 0 radical (unpaired) electrons. The van der Waals surface area contributed by atoms with E-state index in [-0.39, 0.29) is 17.0 Å². The van der Waals surface area contributed by atoms with Gasteiger partial charge in [0.1, 0.15) is 0 Å². The van der Waals surface area contributed by atoms with E-state index < -0.39 is 11.9 Å². The number of hydrogen-bond acceptors (Lipinski definition) is 3. The zero-order valence-electron chi connectivity index (χ0n) is 14.6. The van der Waals surface area contributed by atoms with Gasteiger partial charge in [0, 0.05) is 17.8 Å². The number of carboxylic acids is 1. The summed E-state index contributed by atoms with van der Waals surface area (Å²) >= 11 is 0. The lowest BCUT2D eigenvalue weighted by Crippen LogP contribution is -2.16. The molecule has 0 atom stereocenters. The fourth-order valence-electron chi connectivity index (χ4n) is 2.50. The second kappa shape index (κ2) is 9.36. The van der Waals surface area contributed by atoms with Crippen LogP contribution in [0.4, 0.5) is 11.4 Å². The maximum absolute atomic E-state index is 12.4. The second-order valence-electron chi connectivity index (χ2n) is 5.89. The lowest BCUT2D eigenvalue weighted by molar-refractivity contribution is -0.116. The zero-order chi connectivity index (χ0) is 18.9. The van der Waals surface area contributed by atoms with Crippen LogP contribution in [0.5, 0.6) is 0 Å². The van der Waals surface area contributed by atoms with Crippen molar-refractivity contribution in [3.63, 3.8) is 0 Å². The lowest BCUT2D eigenvalue weighted by Gasteiger charge is -2.10. The third-order valence-electron chi connectivity index (χ3n) is 3.81. The molecule has 0 aliphatic rings. The molecule has 0 fully saturated rings. The van der Waals surface area contributed by atoms with Gasteiger partial charge in [-0.15, -0.1) is 0 Å². The quantitative estimate of drug-likeness (QED) is 0.620. The molecule has 3 N–H and O–H groups in total. The molecule has 2 aromatic carbocycles. The summed E-state index contributed by atoms with van der Waals surface area (Å²) in [5, 5.41) is 14.7. The minimum absolute atomic E-state index is 0.0645. The SMILES string of the molecule is CCCCCC(=O)Nc1cccc(NC(=O)c2ccccc2C(=O)O)c1. The Kier molecular flexibility index (Phi) is 6.91. The number of nitrogens with one attached hydrogen (secondary N) is 2. The number of rotatable bonds is 8. The number of carbonyl (C=O) groups is 3. The van der Waals surface area contributed by atoms with Gasteiger partial charge in [0.05, 0.1) is 11.1 Å². The number of unbranched alkanes of at least 4 members (excludes halogenated alkanes) is 2. The number of benzene rings is 2. The maximum Gasteiger partial charge on any atom is 0.336 e. The van der Waals surface area contributed by atoms with Crippen LogP contribution in [0.1, 0.15) is 53.3 Å². The second-order valence-corrected chi connectivity index (χ2v) is 5.89. The van der Waals surface area contributed by atoms with Crippen LogP contribution in [-0.4, -0.2) is 22.9 Å². The molecule has 0 heterocycles. The number of aromatic carboxylic acids is 1. The van der Waals surface area contributed by atoms with Gasteiger partial charge in [0.15, 0.2) is 0 Å². The molecule has 2 amide bonds. The van der Waals surface area contributed by atoms with Crippen molar-refractivity contribution in [1.82, 2.24) is 0 Å². The highest BCUT2D eigenvalue weighted by Gasteiger charge is 2.16.